The molecule has 0 saturated carbocycles. The second-order valence-corrected chi connectivity index (χ2v) is 6.97. The third kappa shape index (κ3) is 4.11. The Kier molecular flexibility index (Phi) is 5.36. The molecule has 152 valence electrons. The molecule has 0 N–H and O–H groups in total. The van der Waals surface area contributed by atoms with Gasteiger partial charge in [0.1, 0.15) is 0 Å². The summed E-state index contributed by atoms with van der Waals surface area (Å²) in [5.74, 6) is 0.804. The summed E-state index contributed by atoms with van der Waals surface area (Å²) in [6.07, 6.45) is 3.83. The topological polar surface area (TPSA) is 103 Å². The zero-order chi connectivity index (χ0) is 21.1. The van der Waals surface area contributed by atoms with Crippen molar-refractivity contribution in [2.45, 2.75) is 19.5 Å². The van der Waals surface area contributed by atoms with Gasteiger partial charge in [0.15, 0.2) is 0 Å². The number of rotatable bonds is 7. The Hall–Kier alpha value is -3.85. The van der Waals surface area contributed by atoms with Crippen molar-refractivity contribution in [2.75, 3.05) is 7.05 Å². The number of aromatic nitrogens is 4. The van der Waals surface area contributed by atoms with E-state index in [0.717, 1.165) is 11.3 Å². The summed E-state index contributed by atoms with van der Waals surface area (Å²) in [7, 11) is 1.97. The molecule has 0 amide bonds. The highest BCUT2D eigenvalue weighted by molar-refractivity contribution is 5.55. The summed E-state index contributed by atoms with van der Waals surface area (Å²) in [5.41, 5.74) is 2.72. The van der Waals surface area contributed by atoms with E-state index in [0.29, 0.717) is 23.9 Å². The summed E-state index contributed by atoms with van der Waals surface area (Å²) < 4.78 is 7.65. The molecule has 2 heterocycles. The van der Waals surface area contributed by atoms with Crippen LogP contribution in [-0.2, 0) is 6.54 Å². The van der Waals surface area contributed by atoms with Crippen molar-refractivity contribution in [3.63, 3.8) is 0 Å². The van der Waals surface area contributed by atoms with E-state index in [-0.39, 0.29) is 11.7 Å². The van der Waals surface area contributed by atoms with Crippen molar-refractivity contribution in [1.82, 2.24) is 24.9 Å². The van der Waals surface area contributed by atoms with Crippen LogP contribution in [0.25, 0.3) is 17.1 Å². The third-order valence-electron chi connectivity index (χ3n) is 4.87. The summed E-state index contributed by atoms with van der Waals surface area (Å²) >= 11 is 0. The Labute approximate surface area is 172 Å². The lowest BCUT2D eigenvalue weighted by molar-refractivity contribution is -0.384. The highest BCUT2D eigenvalue weighted by atomic mass is 16.6. The van der Waals surface area contributed by atoms with Crippen LogP contribution in [0.1, 0.15) is 24.4 Å². The first-order chi connectivity index (χ1) is 14.5. The van der Waals surface area contributed by atoms with Gasteiger partial charge in [-0.2, -0.15) is 5.10 Å². The van der Waals surface area contributed by atoms with Gasteiger partial charge in [-0.1, -0.05) is 18.2 Å². The Morgan fingerprint density at radius 1 is 1.13 bits per heavy atom. The monoisotopic (exact) mass is 404 g/mol. The minimum Gasteiger partial charge on any atom is -0.419 e. The van der Waals surface area contributed by atoms with E-state index in [1.165, 1.54) is 12.1 Å². The normalized spacial score (nSPS) is 12.2. The summed E-state index contributed by atoms with van der Waals surface area (Å²) in [4.78, 5) is 12.4. The number of nitro benzene ring substituents is 1. The molecule has 0 aliphatic rings. The van der Waals surface area contributed by atoms with Crippen molar-refractivity contribution in [3.05, 3.63) is 88.6 Å². The van der Waals surface area contributed by atoms with Crippen LogP contribution in [0, 0.1) is 10.1 Å². The number of nitro groups is 1. The second-order valence-electron chi connectivity index (χ2n) is 6.97. The molecule has 0 aliphatic carbocycles. The van der Waals surface area contributed by atoms with Crippen LogP contribution in [0.5, 0.6) is 0 Å². The summed E-state index contributed by atoms with van der Waals surface area (Å²) in [5, 5.41) is 23.5. The molecule has 1 atom stereocenters. The molecule has 0 saturated heterocycles. The summed E-state index contributed by atoms with van der Waals surface area (Å²) in [6, 6.07) is 15.8. The predicted octanol–water partition coefficient (Wildman–Crippen LogP) is 4.02. The van der Waals surface area contributed by atoms with Crippen LogP contribution in [0.15, 0.2) is 71.4 Å². The minimum absolute atomic E-state index is 0.0163. The molecule has 0 spiro atoms. The van der Waals surface area contributed by atoms with Crippen LogP contribution < -0.4 is 0 Å². The van der Waals surface area contributed by atoms with Gasteiger partial charge in [-0.25, -0.2) is 4.68 Å². The zero-order valence-corrected chi connectivity index (χ0v) is 16.5. The fourth-order valence-corrected chi connectivity index (χ4v) is 3.02. The average Bonchev–Trinajstić information content (AvgIpc) is 3.44. The van der Waals surface area contributed by atoms with E-state index in [1.807, 2.05) is 61.4 Å². The maximum absolute atomic E-state index is 10.8. The van der Waals surface area contributed by atoms with Gasteiger partial charge < -0.3 is 4.42 Å². The van der Waals surface area contributed by atoms with Crippen molar-refractivity contribution >= 4 is 5.69 Å². The van der Waals surface area contributed by atoms with Crippen LogP contribution in [0.4, 0.5) is 5.69 Å². The Morgan fingerprint density at radius 2 is 1.87 bits per heavy atom. The number of benzene rings is 2. The SMILES string of the molecule is CC(c1nnc(-c2ccc([N+](=O)[O-])cc2)o1)N(C)Cc1cnn(-c2ccccc2)c1. The molecule has 2 aromatic heterocycles. The Bertz CT molecular complexity index is 1140. The van der Waals surface area contributed by atoms with Gasteiger partial charge in [0, 0.05) is 36.0 Å². The fourth-order valence-electron chi connectivity index (χ4n) is 3.02. The van der Waals surface area contributed by atoms with Crippen molar-refractivity contribution < 1.29 is 9.34 Å². The molecule has 1 unspecified atom stereocenters. The highest BCUT2D eigenvalue weighted by Crippen LogP contribution is 2.25. The smallest absolute Gasteiger partial charge is 0.269 e. The molecular formula is C21H20N6O3. The maximum atomic E-state index is 10.8. The first kappa shape index (κ1) is 19.5. The van der Waals surface area contributed by atoms with Crippen LogP contribution >= 0.6 is 0 Å². The number of hydrogen-bond acceptors (Lipinski definition) is 7. The molecule has 0 radical (unpaired) electrons. The van der Waals surface area contributed by atoms with Gasteiger partial charge in [0.05, 0.1) is 22.8 Å². The van der Waals surface area contributed by atoms with E-state index >= 15 is 0 Å². The zero-order valence-electron chi connectivity index (χ0n) is 16.5. The molecule has 0 bridgehead atoms. The minimum atomic E-state index is -0.444. The molecule has 4 rings (SSSR count). The quantitative estimate of drug-likeness (QED) is 0.338. The number of hydrogen-bond donors (Lipinski definition) is 0. The molecule has 0 aliphatic heterocycles. The largest absolute Gasteiger partial charge is 0.419 e. The highest BCUT2D eigenvalue weighted by Gasteiger charge is 2.20. The lowest BCUT2D eigenvalue weighted by Gasteiger charge is -2.20. The van der Waals surface area contributed by atoms with E-state index in [2.05, 4.69) is 20.2 Å². The summed E-state index contributed by atoms with van der Waals surface area (Å²) in [6.45, 7) is 2.64. The number of nitrogens with zero attached hydrogens (tertiary/aromatic N) is 6. The van der Waals surface area contributed by atoms with Crippen LogP contribution in [-0.4, -0.2) is 36.8 Å². The Balaban J connectivity index is 1.44. The van der Waals surface area contributed by atoms with Gasteiger partial charge in [0.2, 0.25) is 11.8 Å². The number of non-ortho nitro benzene ring substituents is 1. The molecule has 4 aromatic rings. The van der Waals surface area contributed by atoms with Crippen molar-refractivity contribution in [1.29, 1.82) is 0 Å². The van der Waals surface area contributed by atoms with Gasteiger partial charge in [-0.3, -0.25) is 15.0 Å². The van der Waals surface area contributed by atoms with Crippen LogP contribution in [0.3, 0.4) is 0 Å². The molecule has 0 fully saturated rings. The molecule has 2 aromatic carbocycles. The van der Waals surface area contributed by atoms with Crippen molar-refractivity contribution in [3.8, 4) is 17.1 Å². The predicted molar refractivity (Wildman–Crippen MR) is 110 cm³/mol. The molecule has 9 nitrogen and oxygen atoms in total. The first-order valence-corrected chi connectivity index (χ1v) is 9.38. The van der Waals surface area contributed by atoms with E-state index in [4.69, 9.17) is 4.42 Å². The van der Waals surface area contributed by atoms with Gasteiger partial charge in [0.25, 0.3) is 5.69 Å². The van der Waals surface area contributed by atoms with E-state index < -0.39 is 4.92 Å². The first-order valence-electron chi connectivity index (χ1n) is 9.38. The van der Waals surface area contributed by atoms with Crippen LogP contribution in [0.2, 0.25) is 0 Å². The van der Waals surface area contributed by atoms with Gasteiger partial charge in [-0.15, -0.1) is 10.2 Å². The molecule has 9 heteroatoms. The molecular weight excluding hydrogens is 384 g/mol. The molecule has 30 heavy (non-hydrogen) atoms. The fraction of sp³-hybridized carbons (Fsp3) is 0.190. The van der Waals surface area contributed by atoms with Gasteiger partial charge in [-0.05, 0) is 38.2 Å². The average molecular weight is 404 g/mol. The van der Waals surface area contributed by atoms with Crippen molar-refractivity contribution in [2.24, 2.45) is 0 Å². The maximum Gasteiger partial charge on any atom is 0.269 e. The lowest BCUT2D eigenvalue weighted by Crippen LogP contribution is -2.22. The lowest BCUT2D eigenvalue weighted by atomic mass is 10.2. The van der Waals surface area contributed by atoms with E-state index in [1.54, 1.807) is 12.1 Å². The third-order valence-corrected chi connectivity index (χ3v) is 4.87. The Morgan fingerprint density at radius 3 is 2.57 bits per heavy atom. The van der Waals surface area contributed by atoms with E-state index in [9.17, 15) is 10.1 Å². The van der Waals surface area contributed by atoms with Gasteiger partial charge >= 0.3 is 0 Å². The standard InChI is InChI=1S/C21H20N6O3/c1-15(20-23-24-21(30-20)17-8-10-19(11-9-17)27(28)29)25(2)13-16-12-22-26(14-16)18-6-4-3-5-7-18/h3-12,14-15H,13H2,1-2H3. The number of para-hydroxylation sites is 1. The second kappa shape index (κ2) is 8.26.